The highest BCUT2D eigenvalue weighted by Crippen LogP contribution is 2.53. The van der Waals surface area contributed by atoms with Gasteiger partial charge in [0.25, 0.3) is 0 Å². The maximum atomic E-state index is 6.37. The standard InChI is InChI=1S/C69H48N2O/c1-69(2)60-41-37-48(43-59(60)56-40-36-49(44-61(56)69)54-27-16-31-64-67(54)57-25-10-13-30-63(57)71(64)50-21-7-4-8-22-50)53-24-9-12-29-62(53)70(51-38-34-46(35-39-51)45-18-5-3-6-19-45)52-23-15-20-47(42-52)55-28-17-33-66-68(55)58-26-11-14-32-65(58)72-66/h3-44H,1-2H3. The molecule has 0 saturated carbocycles. The van der Waals surface area contributed by atoms with E-state index in [9.17, 15) is 0 Å². The van der Waals surface area contributed by atoms with Gasteiger partial charge in [0.05, 0.1) is 16.7 Å². The molecule has 3 nitrogen and oxygen atoms in total. The number of aromatic nitrogens is 1. The van der Waals surface area contributed by atoms with Gasteiger partial charge in [-0.3, -0.25) is 0 Å². The van der Waals surface area contributed by atoms with Crippen LogP contribution in [0.4, 0.5) is 17.1 Å². The summed E-state index contributed by atoms with van der Waals surface area (Å²) in [7, 11) is 0. The van der Waals surface area contributed by atoms with Crippen LogP contribution in [0.25, 0.3) is 105 Å². The Hall–Kier alpha value is -9.18. The first-order valence-electron chi connectivity index (χ1n) is 24.9. The van der Waals surface area contributed by atoms with Gasteiger partial charge in [-0.1, -0.05) is 190 Å². The molecule has 0 unspecified atom stereocenters. The molecule has 72 heavy (non-hydrogen) atoms. The number of nitrogens with zero attached hydrogens (tertiary/aromatic N) is 2. The third-order valence-corrected chi connectivity index (χ3v) is 15.2. The Kier molecular flexibility index (Phi) is 9.56. The third-order valence-electron chi connectivity index (χ3n) is 15.2. The maximum absolute atomic E-state index is 6.37. The van der Waals surface area contributed by atoms with E-state index in [4.69, 9.17) is 4.42 Å². The third kappa shape index (κ3) is 6.58. The molecule has 0 fully saturated rings. The first-order valence-corrected chi connectivity index (χ1v) is 24.9. The van der Waals surface area contributed by atoms with E-state index in [0.717, 1.165) is 55.7 Å². The average molecular weight is 921 g/mol. The lowest BCUT2D eigenvalue weighted by molar-refractivity contribution is 0.660. The fourth-order valence-corrected chi connectivity index (χ4v) is 11.8. The zero-order valence-electron chi connectivity index (χ0n) is 40.1. The Balaban J connectivity index is 0.898. The maximum Gasteiger partial charge on any atom is 0.136 e. The molecule has 1 aliphatic carbocycles. The molecule has 0 bridgehead atoms. The van der Waals surface area contributed by atoms with Gasteiger partial charge in [-0.15, -0.1) is 0 Å². The molecule has 11 aromatic carbocycles. The molecule has 3 heteroatoms. The van der Waals surface area contributed by atoms with Gasteiger partial charge in [0.15, 0.2) is 0 Å². The van der Waals surface area contributed by atoms with Crippen molar-refractivity contribution < 1.29 is 4.42 Å². The van der Waals surface area contributed by atoms with Crippen molar-refractivity contribution in [3.05, 3.63) is 266 Å². The van der Waals surface area contributed by atoms with Crippen LogP contribution in [0.15, 0.2) is 259 Å². The molecular formula is C69H48N2O. The van der Waals surface area contributed by atoms with Crippen molar-refractivity contribution in [2.24, 2.45) is 0 Å². The van der Waals surface area contributed by atoms with E-state index < -0.39 is 0 Å². The summed E-state index contributed by atoms with van der Waals surface area (Å²) in [4.78, 5) is 2.42. The van der Waals surface area contributed by atoms with Crippen LogP contribution < -0.4 is 4.90 Å². The first kappa shape index (κ1) is 41.8. The highest BCUT2D eigenvalue weighted by atomic mass is 16.3. The number of hydrogen-bond donors (Lipinski definition) is 0. The van der Waals surface area contributed by atoms with E-state index >= 15 is 0 Å². The van der Waals surface area contributed by atoms with Gasteiger partial charge in [-0.05, 0) is 140 Å². The predicted molar refractivity (Wildman–Crippen MR) is 302 cm³/mol. The van der Waals surface area contributed by atoms with Crippen LogP contribution in [0.1, 0.15) is 25.0 Å². The van der Waals surface area contributed by atoms with E-state index in [1.807, 2.05) is 6.07 Å². The molecule has 0 atom stereocenters. The number of furan rings is 1. The summed E-state index contributed by atoms with van der Waals surface area (Å²) in [5.74, 6) is 0. The molecule has 2 heterocycles. The molecule has 0 aliphatic heterocycles. The van der Waals surface area contributed by atoms with Crippen LogP contribution in [-0.2, 0) is 5.41 Å². The normalized spacial score (nSPS) is 12.7. The Labute approximate surface area is 419 Å². The van der Waals surface area contributed by atoms with Crippen molar-refractivity contribution in [3.63, 3.8) is 0 Å². The number of para-hydroxylation sites is 4. The second-order valence-corrected chi connectivity index (χ2v) is 19.6. The Bertz CT molecular complexity index is 4230. The summed E-state index contributed by atoms with van der Waals surface area (Å²) >= 11 is 0. The number of benzene rings is 11. The van der Waals surface area contributed by atoms with Gasteiger partial charge >= 0.3 is 0 Å². The molecule has 0 spiro atoms. The quantitative estimate of drug-likeness (QED) is 0.151. The largest absolute Gasteiger partial charge is 0.456 e. The topological polar surface area (TPSA) is 21.3 Å². The van der Waals surface area contributed by atoms with Gasteiger partial charge in [-0.25, -0.2) is 0 Å². The van der Waals surface area contributed by atoms with E-state index in [-0.39, 0.29) is 5.41 Å². The van der Waals surface area contributed by atoms with Crippen molar-refractivity contribution >= 4 is 60.8 Å². The lowest BCUT2D eigenvalue weighted by Gasteiger charge is -2.29. The number of fused-ring (bicyclic) bond motifs is 9. The summed E-state index contributed by atoms with van der Waals surface area (Å²) in [6, 6.07) is 92.9. The second kappa shape index (κ2) is 16.5. The van der Waals surface area contributed by atoms with Gasteiger partial charge in [0, 0.05) is 49.6 Å². The van der Waals surface area contributed by atoms with E-state index in [1.165, 1.54) is 77.6 Å². The molecule has 340 valence electrons. The van der Waals surface area contributed by atoms with E-state index in [2.05, 4.69) is 272 Å². The zero-order chi connectivity index (χ0) is 47.9. The Morgan fingerprint density at radius 1 is 0.347 bits per heavy atom. The number of rotatable bonds is 8. The SMILES string of the molecule is CC1(C)c2ccc(-c3ccccc3N(c3ccc(-c4ccccc4)cc3)c3cccc(-c4cccc5oc6ccccc6c45)c3)cc2-c2ccc(-c3cccc4c3c3ccccc3n4-c3ccccc3)cc21. The molecule has 0 N–H and O–H groups in total. The fraction of sp³-hybridized carbons (Fsp3) is 0.0435. The molecule has 13 aromatic rings. The molecular weight excluding hydrogens is 873 g/mol. The second-order valence-electron chi connectivity index (χ2n) is 19.6. The Morgan fingerprint density at radius 2 is 0.931 bits per heavy atom. The molecule has 0 amide bonds. The summed E-state index contributed by atoms with van der Waals surface area (Å²) in [6.45, 7) is 4.77. The van der Waals surface area contributed by atoms with Crippen molar-refractivity contribution in [2.75, 3.05) is 4.90 Å². The number of anilines is 3. The average Bonchev–Trinajstić information content (AvgIpc) is 4.07. The van der Waals surface area contributed by atoms with E-state index in [1.54, 1.807) is 0 Å². The van der Waals surface area contributed by atoms with Crippen molar-refractivity contribution in [2.45, 2.75) is 19.3 Å². The van der Waals surface area contributed by atoms with Crippen LogP contribution in [0.5, 0.6) is 0 Å². The summed E-state index contributed by atoms with van der Waals surface area (Å²) in [5.41, 5.74) is 23.1. The summed E-state index contributed by atoms with van der Waals surface area (Å²) < 4.78 is 8.77. The molecule has 0 radical (unpaired) electrons. The smallest absolute Gasteiger partial charge is 0.136 e. The number of hydrogen-bond acceptors (Lipinski definition) is 2. The highest BCUT2D eigenvalue weighted by Gasteiger charge is 2.36. The van der Waals surface area contributed by atoms with Crippen LogP contribution in [0.3, 0.4) is 0 Å². The molecule has 1 aliphatic rings. The van der Waals surface area contributed by atoms with Crippen molar-refractivity contribution in [1.82, 2.24) is 4.57 Å². The lowest BCUT2D eigenvalue weighted by atomic mass is 9.81. The van der Waals surface area contributed by atoms with Crippen molar-refractivity contribution in [1.29, 1.82) is 0 Å². The molecule has 0 saturated heterocycles. The van der Waals surface area contributed by atoms with Gasteiger partial charge in [0.2, 0.25) is 0 Å². The van der Waals surface area contributed by atoms with Gasteiger partial charge in [0.1, 0.15) is 11.2 Å². The minimum Gasteiger partial charge on any atom is -0.456 e. The van der Waals surface area contributed by atoms with Crippen LogP contribution in [0, 0.1) is 0 Å². The minimum atomic E-state index is -0.208. The van der Waals surface area contributed by atoms with E-state index in [0.29, 0.717) is 0 Å². The zero-order valence-corrected chi connectivity index (χ0v) is 40.1. The van der Waals surface area contributed by atoms with Gasteiger partial charge < -0.3 is 13.9 Å². The van der Waals surface area contributed by atoms with Crippen LogP contribution in [-0.4, -0.2) is 4.57 Å². The lowest BCUT2D eigenvalue weighted by Crippen LogP contribution is -2.15. The van der Waals surface area contributed by atoms with Crippen molar-refractivity contribution in [3.8, 4) is 61.3 Å². The van der Waals surface area contributed by atoms with Crippen LogP contribution in [0.2, 0.25) is 0 Å². The monoisotopic (exact) mass is 920 g/mol. The predicted octanol–water partition coefficient (Wildman–Crippen LogP) is 19.1. The molecule has 14 rings (SSSR count). The van der Waals surface area contributed by atoms with Gasteiger partial charge in [-0.2, -0.15) is 0 Å². The summed E-state index contributed by atoms with van der Waals surface area (Å²) in [5, 5.41) is 4.79. The Morgan fingerprint density at radius 3 is 1.78 bits per heavy atom. The van der Waals surface area contributed by atoms with Crippen LogP contribution >= 0.6 is 0 Å². The first-order chi connectivity index (χ1) is 35.5. The summed E-state index contributed by atoms with van der Waals surface area (Å²) in [6.07, 6.45) is 0. The minimum absolute atomic E-state index is 0.208. The fourth-order valence-electron chi connectivity index (χ4n) is 11.8. The highest BCUT2D eigenvalue weighted by molar-refractivity contribution is 6.16. The molecule has 2 aromatic heterocycles.